The van der Waals surface area contributed by atoms with Gasteiger partial charge < -0.3 is 29.1 Å². The minimum absolute atomic E-state index is 0.0161. The predicted octanol–water partition coefficient (Wildman–Crippen LogP) is 4.60. The zero-order valence-corrected chi connectivity index (χ0v) is 29.6. The second-order valence-corrected chi connectivity index (χ2v) is 13.4. The number of carbonyl (C=O) groups is 4. The molecular weight excluding hydrogens is 600 g/mol. The van der Waals surface area contributed by atoms with E-state index in [-0.39, 0.29) is 23.8 Å². The number of H-pyrrole nitrogens is 1. The van der Waals surface area contributed by atoms with Crippen LogP contribution in [0.2, 0.25) is 0 Å². The number of nitrogens with one attached hydrogen (secondary N) is 1. The second-order valence-electron chi connectivity index (χ2n) is 13.4. The summed E-state index contributed by atoms with van der Waals surface area (Å²) in [5, 5.41) is 7.17. The van der Waals surface area contributed by atoms with E-state index >= 15 is 0 Å². The first-order valence-electron chi connectivity index (χ1n) is 16.7. The molecule has 1 N–H and O–H groups in total. The maximum Gasteiger partial charge on any atom is 0.410 e. The number of rotatable bonds is 7. The molecule has 0 spiro atoms. The van der Waals surface area contributed by atoms with Crippen LogP contribution in [0.1, 0.15) is 86.6 Å². The quantitative estimate of drug-likeness (QED) is 0.462. The molecule has 1 atom stereocenters. The molecule has 1 aliphatic rings. The van der Waals surface area contributed by atoms with Gasteiger partial charge in [0.2, 0.25) is 11.8 Å². The van der Waals surface area contributed by atoms with Crippen molar-refractivity contribution < 1.29 is 28.7 Å². The molecule has 0 bridgehead atoms. The number of fused-ring (bicyclic) bond motifs is 1. The van der Waals surface area contributed by atoms with Crippen LogP contribution in [0.3, 0.4) is 0 Å². The van der Waals surface area contributed by atoms with Crippen LogP contribution >= 0.6 is 0 Å². The van der Waals surface area contributed by atoms with Gasteiger partial charge in [-0.3, -0.25) is 19.5 Å². The highest BCUT2D eigenvalue weighted by Crippen LogP contribution is 2.23. The van der Waals surface area contributed by atoms with Gasteiger partial charge in [0.05, 0.1) is 17.9 Å². The first kappa shape index (κ1) is 37.4. The lowest BCUT2D eigenvalue weighted by Gasteiger charge is -2.32. The van der Waals surface area contributed by atoms with Gasteiger partial charge in [-0.1, -0.05) is 12.1 Å². The standard InChI is InChI=1S/C35H54N6O6/c1-25-27(26(2)37-36-25)18-19-31(42)38(6)21-13-16-29-33(44)39(7)20-11-12-22-41(34(45)47-35(3,4)5)23-14-24-46-30-17-10-9-15-28(30)32(43)40(29)8/h9-10,15,17,29H,11-14,16,18-24H2,1-8H3,(H,36,37)/t29-/m0/s1. The lowest BCUT2D eigenvalue weighted by molar-refractivity contribution is -0.134. The van der Waals surface area contributed by atoms with Crippen LogP contribution in [-0.4, -0.2) is 119 Å². The number of likely N-dealkylation sites (N-methyl/N-ethyl adjacent to an activating group) is 2. The number of nitrogens with zero attached hydrogens (tertiary/aromatic N) is 5. The van der Waals surface area contributed by atoms with Crippen LogP contribution in [0.15, 0.2) is 24.3 Å². The zero-order valence-electron chi connectivity index (χ0n) is 29.6. The van der Waals surface area contributed by atoms with Crippen molar-refractivity contribution in [1.29, 1.82) is 0 Å². The van der Waals surface area contributed by atoms with Crippen LogP contribution in [0, 0.1) is 13.8 Å². The van der Waals surface area contributed by atoms with E-state index in [0.717, 1.165) is 17.0 Å². The largest absolute Gasteiger partial charge is 0.493 e. The number of hydrogen-bond donors (Lipinski definition) is 1. The molecule has 4 amide bonds. The Bertz CT molecular complexity index is 1350. The normalized spacial score (nSPS) is 17.3. The molecule has 1 aromatic heterocycles. The van der Waals surface area contributed by atoms with Gasteiger partial charge in [-0.2, -0.15) is 5.10 Å². The van der Waals surface area contributed by atoms with E-state index in [2.05, 4.69) is 10.2 Å². The van der Waals surface area contributed by atoms with Gasteiger partial charge in [-0.15, -0.1) is 0 Å². The Hall–Kier alpha value is -4.09. The molecule has 12 nitrogen and oxygen atoms in total. The maximum atomic E-state index is 13.9. The van der Waals surface area contributed by atoms with Crippen molar-refractivity contribution >= 4 is 23.8 Å². The number of ether oxygens (including phenoxy) is 2. The third-order valence-corrected chi connectivity index (χ3v) is 8.49. The summed E-state index contributed by atoms with van der Waals surface area (Å²) in [6.07, 6.45) is 3.45. The molecule has 1 aliphatic heterocycles. The van der Waals surface area contributed by atoms with Crippen molar-refractivity contribution in [2.75, 3.05) is 53.9 Å². The van der Waals surface area contributed by atoms with Gasteiger partial charge in [-0.05, 0) is 90.8 Å². The van der Waals surface area contributed by atoms with Crippen molar-refractivity contribution in [3.05, 3.63) is 46.8 Å². The molecule has 0 fully saturated rings. The van der Waals surface area contributed by atoms with E-state index in [1.165, 1.54) is 4.90 Å². The van der Waals surface area contributed by atoms with Gasteiger partial charge >= 0.3 is 6.09 Å². The molecule has 0 aliphatic carbocycles. The van der Waals surface area contributed by atoms with E-state index in [1.54, 1.807) is 60.1 Å². The molecule has 0 unspecified atom stereocenters. The van der Waals surface area contributed by atoms with Gasteiger partial charge in [0.1, 0.15) is 17.4 Å². The Labute approximate surface area is 279 Å². The van der Waals surface area contributed by atoms with Gasteiger partial charge in [0.15, 0.2) is 0 Å². The summed E-state index contributed by atoms with van der Waals surface area (Å²) in [5.74, 6) is -0.0454. The summed E-state index contributed by atoms with van der Waals surface area (Å²) >= 11 is 0. The fourth-order valence-electron chi connectivity index (χ4n) is 5.67. The average Bonchev–Trinajstić information content (AvgIpc) is 3.34. The number of aromatic nitrogens is 2. The number of amides is 4. The Morgan fingerprint density at radius 1 is 1.06 bits per heavy atom. The molecule has 2 aromatic rings. The zero-order chi connectivity index (χ0) is 34.7. The van der Waals surface area contributed by atoms with Gasteiger partial charge in [-0.25, -0.2) is 4.79 Å². The number of para-hydroxylation sites is 1. The van der Waals surface area contributed by atoms with Gasteiger partial charge in [0, 0.05) is 59.4 Å². The summed E-state index contributed by atoms with van der Waals surface area (Å²) in [6, 6.07) is 6.28. The summed E-state index contributed by atoms with van der Waals surface area (Å²) in [6.45, 7) is 11.6. The number of aryl methyl sites for hydroxylation is 2. The Balaban J connectivity index is 1.73. The molecule has 47 heavy (non-hydrogen) atoms. The number of carbonyl (C=O) groups excluding carboxylic acids is 4. The number of hydrogen-bond acceptors (Lipinski definition) is 7. The molecule has 2 heterocycles. The Morgan fingerprint density at radius 3 is 2.43 bits per heavy atom. The molecule has 0 saturated heterocycles. The average molecular weight is 655 g/mol. The summed E-state index contributed by atoms with van der Waals surface area (Å²) in [5.41, 5.74) is 2.69. The third-order valence-electron chi connectivity index (χ3n) is 8.49. The monoisotopic (exact) mass is 654 g/mol. The number of aromatic amines is 1. The van der Waals surface area contributed by atoms with Gasteiger partial charge in [0.25, 0.3) is 5.91 Å². The number of benzene rings is 1. The minimum Gasteiger partial charge on any atom is -0.493 e. The van der Waals surface area contributed by atoms with Crippen molar-refractivity contribution in [1.82, 2.24) is 29.8 Å². The highest BCUT2D eigenvalue weighted by Gasteiger charge is 2.31. The Morgan fingerprint density at radius 2 is 1.74 bits per heavy atom. The van der Waals surface area contributed by atoms with E-state index in [1.807, 2.05) is 34.6 Å². The van der Waals surface area contributed by atoms with Crippen LogP contribution < -0.4 is 4.74 Å². The van der Waals surface area contributed by atoms with Crippen molar-refractivity contribution in [2.24, 2.45) is 0 Å². The van der Waals surface area contributed by atoms with Crippen molar-refractivity contribution in [2.45, 2.75) is 91.2 Å². The molecular formula is C35H54N6O6. The summed E-state index contributed by atoms with van der Waals surface area (Å²) in [7, 11) is 5.17. The fourth-order valence-corrected chi connectivity index (χ4v) is 5.67. The Kier molecular flexibility index (Phi) is 13.7. The molecule has 0 radical (unpaired) electrons. The first-order valence-corrected chi connectivity index (χ1v) is 16.7. The van der Waals surface area contributed by atoms with Crippen LogP contribution in [0.25, 0.3) is 0 Å². The van der Waals surface area contributed by atoms with Crippen LogP contribution in [-0.2, 0) is 20.7 Å². The smallest absolute Gasteiger partial charge is 0.410 e. The lowest BCUT2D eigenvalue weighted by atomic mass is 10.1. The fraction of sp³-hybridized carbons (Fsp3) is 0.629. The molecule has 1 aromatic carbocycles. The summed E-state index contributed by atoms with van der Waals surface area (Å²) in [4.78, 5) is 60.1. The highest BCUT2D eigenvalue weighted by molar-refractivity contribution is 5.99. The third kappa shape index (κ3) is 11.0. The molecule has 260 valence electrons. The molecule has 0 saturated carbocycles. The van der Waals surface area contributed by atoms with Crippen LogP contribution in [0.4, 0.5) is 4.79 Å². The highest BCUT2D eigenvalue weighted by atomic mass is 16.6. The van der Waals surface area contributed by atoms with Crippen molar-refractivity contribution in [3.63, 3.8) is 0 Å². The minimum atomic E-state index is -0.730. The van der Waals surface area contributed by atoms with E-state index < -0.39 is 11.6 Å². The first-order chi connectivity index (χ1) is 22.2. The maximum absolute atomic E-state index is 13.9. The molecule has 3 rings (SSSR count). The van der Waals surface area contributed by atoms with E-state index in [4.69, 9.17) is 9.47 Å². The second kappa shape index (κ2) is 17.2. The SMILES string of the molecule is Cc1n[nH]c(C)c1CCC(=O)N(C)CCC[C@H]1C(=O)N(C)CCCCN(C(=O)OC(C)(C)C)CCCOc2ccccc2C(=O)N1C. The predicted molar refractivity (Wildman–Crippen MR) is 180 cm³/mol. The molecule has 12 heteroatoms. The topological polar surface area (TPSA) is 128 Å². The van der Waals surface area contributed by atoms with Crippen molar-refractivity contribution in [3.8, 4) is 5.75 Å². The van der Waals surface area contributed by atoms with E-state index in [9.17, 15) is 19.2 Å². The van der Waals surface area contributed by atoms with E-state index in [0.29, 0.717) is 89.0 Å². The lowest BCUT2D eigenvalue weighted by Crippen LogP contribution is -2.49. The van der Waals surface area contributed by atoms with Crippen LogP contribution in [0.5, 0.6) is 5.75 Å². The summed E-state index contributed by atoms with van der Waals surface area (Å²) < 4.78 is 11.7.